The number of anilines is 2. The lowest BCUT2D eigenvalue weighted by Crippen LogP contribution is -2.37. The molecule has 1 saturated heterocycles. The van der Waals surface area contributed by atoms with Crippen molar-refractivity contribution in [3.63, 3.8) is 0 Å². The number of nitrogens with one attached hydrogen (secondary N) is 1. The average molecular weight is 374 g/mol. The number of rotatable bonds is 5. The van der Waals surface area contributed by atoms with Gasteiger partial charge in [0.1, 0.15) is 7.11 Å². The summed E-state index contributed by atoms with van der Waals surface area (Å²) >= 11 is 6.40. The molecule has 1 amide bonds. The first-order chi connectivity index (χ1) is 12.7. The fourth-order valence-corrected chi connectivity index (χ4v) is 3.05. The molecule has 0 radical (unpaired) electrons. The SMILES string of the molecule is CO/N=C/c1ccc(C(=O)Nc2cccc(Cl)c2N2CCOCC2)cc1. The van der Waals surface area contributed by atoms with Crippen LogP contribution < -0.4 is 10.2 Å². The molecule has 2 aromatic carbocycles. The van der Waals surface area contributed by atoms with E-state index in [1.165, 1.54) is 7.11 Å². The molecule has 3 rings (SSSR count). The Labute approximate surface area is 157 Å². The Bertz CT molecular complexity index is 787. The normalized spacial score (nSPS) is 14.5. The maximum absolute atomic E-state index is 12.6. The topological polar surface area (TPSA) is 63.2 Å². The molecular weight excluding hydrogens is 354 g/mol. The van der Waals surface area contributed by atoms with Crippen LogP contribution in [0.15, 0.2) is 47.6 Å². The molecule has 1 fully saturated rings. The number of morpholine rings is 1. The van der Waals surface area contributed by atoms with Gasteiger partial charge >= 0.3 is 0 Å². The second-order valence-corrected chi connectivity index (χ2v) is 6.14. The summed E-state index contributed by atoms with van der Waals surface area (Å²) in [5, 5.41) is 7.27. The van der Waals surface area contributed by atoms with Crippen molar-refractivity contribution in [1.82, 2.24) is 0 Å². The van der Waals surface area contributed by atoms with Crippen LogP contribution in [-0.2, 0) is 9.57 Å². The lowest BCUT2D eigenvalue weighted by Gasteiger charge is -2.31. The Morgan fingerprint density at radius 1 is 1.23 bits per heavy atom. The number of oxime groups is 1. The first kappa shape index (κ1) is 18.2. The summed E-state index contributed by atoms with van der Waals surface area (Å²) in [4.78, 5) is 19.4. The van der Waals surface area contributed by atoms with Crippen molar-refractivity contribution in [1.29, 1.82) is 0 Å². The van der Waals surface area contributed by atoms with Crippen LogP contribution in [0, 0.1) is 0 Å². The Kier molecular flexibility index (Phi) is 6.09. The summed E-state index contributed by atoms with van der Waals surface area (Å²) in [7, 11) is 1.48. The molecule has 0 saturated carbocycles. The molecule has 26 heavy (non-hydrogen) atoms. The maximum Gasteiger partial charge on any atom is 0.255 e. The lowest BCUT2D eigenvalue weighted by molar-refractivity contribution is 0.102. The van der Waals surface area contributed by atoms with Crippen LogP contribution in [0.2, 0.25) is 5.02 Å². The first-order valence-corrected chi connectivity index (χ1v) is 8.66. The van der Waals surface area contributed by atoms with Gasteiger partial charge < -0.3 is 19.8 Å². The molecule has 2 aromatic rings. The molecule has 1 aliphatic rings. The third kappa shape index (κ3) is 4.33. The van der Waals surface area contributed by atoms with Crippen LogP contribution in [0.5, 0.6) is 0 Å². The molecule has 0 aliphatic carbocycles. The van der Waals surface area contributed by atoms with Gasteiger partial charge in [-0.15, -0.1) is 0 Å². The van der Waals surface area contributed by atoms with Crippen molar-refractivity contribution in [3.8, 4) is 0 Å². The summed E-state index contributed by atoms with van der Waals surface area (Å²) < 4.78 is 5.40. The Morgan fingerprint density at radius 2 is 1.96 bits per heavy atom. The number of hydrogen-bond donors (Lipinski definition) is 1. The van der Waals surface area contributed by atoms with Crippen LogP contribution in [-0.4, -0.2) is 45.5 Å². The smallest absolute Gasteiger partial charge is 0.255 e. The van der Waals surface area contributed by atoms with E-state index in [0.29, 0.717) is 29.5 Å². The van der Waals surface area contributed by atoms with E-state index < -0.39 is 0 Å². The first-order valence-electron chi connectivity index (χ1n) is 8.28. The molecule has 1 N–H and O–H groups in total. The summed E-state index contributed by atoms with van der Waals surface area (Å²) in [6, 6.07) is 12.6. The standard InChI is InChI=1S/C19H20ClN3O3/c1-25-21-13-14-5-7-15(8-6-14)19(24)22-17-4-2-3-16(20)18(17)23-9-11-26-12-10-23/h2-8,13H,9-12H2,1H3,(H,22,24)/b21-13+. The van der Waals surface area contributed by atoms with E-state index in [2.05, 4.69) is 20.2 Å². The highest BCUT2D eigenvalue weighted by Gasteiger charge is 2.19. The fourth-order valence-electron chi connectivity index (χ4n) is 2.75. The second-order valence-electron chi connectivity index (χ2n) is 5.73. The molecule has 6 nitrogen and oxygen atoms in total. The minimum atomic E-state index is -0.197. The van der Waals surface area contributed by atoms with Crippen molar-refractivity contribution in [2.24, 2.45) is 5.16 Å². The number of carbonyl (C=O) groups is 1. The molecule has 0 bridgehead atoms. The van der Waals surface area contributed by atoms with Crippen molar-refractivity contribution in [2.45, 2.75) is 0 Å². The van der Waals surface area contributed by atoms with Crippen molar-refractivity contribution < 1.29 is 14.4 Å². The predicted molar refractivity (Wildman–Crippen MR) is 103 cm³/mol. The van der Waals surface area contributed by atoms with Gasteiger partial charge in [0.25, 0.3) is 5.91 Å². The van der Waals surface area contributed by atoms with E-state index >= 15 is 0 Å². The van der Waals surface area contributed by atoms with E-state index in [1.807, 2.05) is 18.2 Å². The van der Waals surface area contributed by atoms with Gasteiger partial charge in [-0.1, -0.05) is 35.0 Å². The Hall–Kier alpha value is -2.57. The number of amides is 1. The van der Waals surface area contributed by atoms with Crippen LogP contribution in [0.4, 0.5) is 11.4 Å². The van der Waals surface area contributed by atoms with Gasteiger partial charge in [0.05, 0.1) is 35.8 Å². The number of para-hydroxylation sites is 1. The number of hydrogen-bond acceptors (Lipinski definition) is 5. The molecule has 1 heterocycles. The van der Waals surface area contributed by atoms with Gasteiger partial charge in [0.15, 0.2) is 0 Å². The highest BCUT2D eigenvalue weighted by Crippen LogP contribution is 2.34. The Morgan fingerprint density at radius 3 is 2.65 bits per heavy atom. The summed E-state index contributed by atoms with van der Waals surface area (Å²) in [6.45, 7) is 2.76. The zero-order valence-electron chi connectivity index (χ0n) is 14.4. The van der Waals surface area contributed by atoms with E-state index in [0.717, 1.165) is 24.3 Å². The minimum Gasteiger partial charge on any atom is -0.399 e. The van der Waals surface area contributed by atoms with E-state index in [4.69, 9.17) is 16.3 Å². The number of halogens is 1. The van der Waals surface area contributed by atoms with Crippen LogP contribution in [0.1, 0.15) is 15.9 Å². The van der Waals surface area contributed by atoms with Gasteiger partial charge in [-0.2, -0.15) is 0 Å². The predicted octanol–water partition coefficient (Wildman–Crippen LogP) is 3.41. The number of carbonyl (C=O) groups excluding carboxylic acids is 1. The van der Waals surface area contributed by atoms with Crippen molar-refractivity contribution in [3.05, 3.63) is 58.6 Å². The molecule has 0 aromatic heterocycles. The van der Waals surface area contributed by atoms with E-state index in [9.17, 15) is 4.79 Å². The van der Waals surface area contributed by atoms with Gasteiger partial charge in [-0.05, 0) is 29.8 Å². The minimum absolute atomic E-state index is 0.197. The molecule has 7 heteroatoms. The molecule has 136 valence electrons. The average Bonchev–Trinajstić information content (AvgIpc) is 2.67. The van der Waals surface area contributed by atoms with Gasteiger partial charge in [-0.25, -0.2) is 0 Å². The zero-order valence-corrected chi connectivity index (χ0v) is 15.2. The van der Waals surface area contributed by atoms with E-state index in [1.54, 1.807) is 30.5 Å². The third-order valence-electron chi connectivity index (χ3n) is 4.04. The number of ether oxygens (including phenoxy) is 1. The van der Waals surface area contributed by atoms with E-state index in [-0.39, 0.29) is 5.91 Å². The highest BCUT2D eigenvalue weighted by atomic mass is 35.5. The molecule has 0 atom stereocenters. The monoisotopic (exact) mass is 373 g/mol. The lowest BCUT2D eigenvalue weighted by atomic mass is 10.1. The molecule has 1 aliphatic heterocycles. The summed E-state index contributed by atoms with van der Waals surface area (Å²) in [6.07, 6.45) is 1.58. The summed E-state index contributed by atoms with van der Waals surface area (Å²) in [5.74, 6) is -0.197. The molecule has 0 spiro atoms. The van der Waals surface area contributed by atoms with Crippen LogP contribution in [0.3, 0.4) is 0 Å². The van der Waals surface area contributed by atoms with Crippen molar-refractivity contribution >= 4 is 35.1 Å². The molecule has 0 unspecified atom stereocenters. The maximum atomic E-state index is 12.6. The second kappa shape index (κ2) is 8.69. The summed E-state index contributed by atoms with van der Waals surface area (Å²) in [5.41, 5.74) is 2.91. The van der Waals surface area contributed by atoms with Gasteiger partial charge in [0.2, 0.25) is 0 Å². The fraction of sp³-hybridized carbons (Fsp3) is 0.263. The quantitative estimate of drug-likeness (QED) is 0.644. The largest absolute Gasteiger partial charge is 0.399 e. The molecular formula is C19H20ClN3O3. The highest BCUT2D eigenvalue weighted by molar-refractivity contribution is 6.34. The van der Waals surface area contributed by atoms with Crippen molar-refractivity contribution in [2.75, 3.05) is 43.6 Å². The zero-order chi connectivity index (χ0) is 18.4. The Balaban J connectivity index is 1.79. The van der Waals surface area contributed by atoms with Gasteiger partial charge in [0, 0.05) is 18.7 Å². The van der Waals surface area contributed by atoms with Crippen LogP contribution >= 0.6 is 11.6 Å². The van der Waals surface area contributed by atoms with Gasteiger partial charge in [-0.3, -0.25) is 4.79 Å². The third-order valence-corrected chi connectivity index (χ3v) is 4.35. The number of benzene rings is 2. The number of nitrogens with zero attached hydrogens (tertiary/aromatic N) is 2. The van der Waals surface area contributed by atoms with Crippen LogP contribution in [0.25, 0.3) is 0 Å².